The smallest absolute Gasteiger partial charge is 0.387 e. The summed E-state index contributed by atoms with van der Waals surface area (Å²) in [7, 11) is 1.57. The number of phosphoric acid groups is 1. The molecule has 0 radical (unpaired) electrons. The third-order valence-corrected chi connectivity index (χ3v) is 12.3. The zero-order valence-electron chi connectivity index (χ0n) is 40.2. The zero-order valence-corrected chi connectivity index (χ0v) is 41.1. The van der Waals surface area contributed by atoms with E-state index in [1.54, 1.807) is 6.08 Å². The molecule has 3 N–H and O–H groups in total. The Bertz CT molecular complexity index is 1070. The number of hydrogen-bond acceptors (Lipinski definition) is 5. The van der Waals surface area contributed by atoms with E-state index < -0.39 is 20.0 Å². The Hall–Kier alpha value is -1.28. The standard InChI is InChI=1S/C51H99N2O6P/c1-6-8-10-12-14-16-18-20-21-22-23-24-25-26-27-28-29-30-31-33-35-37-39-41-43-45-51(55)52-49(48-59-60(56,57)58-47-46-53(3,4)5)50(54)44-42-40-38-36-34-32-19-17-15-13-11-9-7-2/h18,20,22-23,42,44,49-50,54H,6-17,19,21,24-41,43,45-48H2,1-5H3,(H-,52,55,56,57)/p+1/b20-18-,23-22-,44-42+. The van der Waals surface area contributed by atoms with Crippen LogP contribution in [0.2, 0.25) is 0 Å². The first-order chi connectivity index (χ1) is 29.0. The molecule has 9 heteroatoms. The van der Waals surface area contributed by atoms with Gasteiger partial charge >= 0.3 is 7.82 Å². The number of amides is 1. The second-order valence-corrected chi connectivity index (χ2v) is 20.0. The first-order valence-corrected chi connectivity index (χ1v) is 26.9. The minimum atomic E-state index is -4.34. The molecule has 0 aromatic carbocycles. The molecule has 3 atom stereocenters. The van der Waals surface area contributed by atoms with Gasteiger partial charge in [0, 0.05) is 6.42 Å². The summed E-state index contributed by atoms with van der Waals surface area (Å²) >= 11 is 0. The first kappa shape index (κ1) is 58.7. The molecule has 0 rings (SSSR count). The number of allylic oxidation sites excluding steroid dienone is 5. The molecule has 0 aromatic rings. The van der Waals surface area contributed by atoms with E-state index >= 15 is 0 Å². The first-order valence-electron chi connectivity index (χ1n) is 25.4. The fraction of sp³-hybridized carbons (Fsp3) is 0.863. The van der Waals surface area contributed by atoms with E-state index in [0.29, 0.717) is 17.4 Å². The summed E-state index contributed by atoms with van der Waals surface area (Å²) in [5, 5.41) is 13.9. The second-order valence-electron chi connectivity index (χ2n) is 18.5. The van der Waals surface area contributed by atoms with Crippen molar-refractivity contribution in [2.75, 3.05) is 40.9 Å². The molecule has 0 aliphatic heterocycles. The van der Waals surface area contributed by atoms with Crippen molar-refractivity contribution in [2.24, 2.45) is 0 Å². The van der Waals surface area contributed by atoms with Gasteiger partial charge in [-0.3, -0.25) is 13.8 Å². The minimum Gasteiger partial charge on any atom is -0.387 e. The van der Waals surface area contributed by atoms with Crippen molar-refractivity contribution in [1.82, 2.24) is 5.32 Å². The molecule has 8 nitrogen and oxygen atoms in total. The van der Waals surface area contributed by atoms with Crippen LogP contribution in [0, 0.1) is 0 Å². The number of aliphatic hydroxyl groups is 1. The normalized spacial score (nSPS) is 14.4. The van der Waals surface area contributed by atoms with Gasteiger partial charge in [-0.15, -0.1) is 0 Å². The van der Waals surface area contributed by atoms with Crippen LogP contribution in [0.1, 0.15) is 232 Å². The van der Waals surface area contributed by atoms with Gasteiger partial charge in [0.2, 0.25) is 5.91 Å². The van der Waals surface area contributed by atoms with E-state index in [2.05, 4.69) is 43.5 Å². The van der Waals surface area contributed by atoms with Crippen LogP contribution in [0.3, 0.4) is 0 Å². The molecule has 0 aliphatic rings. The highest BCUT2D eigenvalue weighted by atomic mass is 31.2. The number of likely N-dealkylation sites (N-methyl/N-ethyl adjacent to an activating group) is 1. The Labute approximate surface area is 372 Å². The van der Waals surface area contributed by atoms with Gasteiger partial charge < -0.3 is 19.8 Å². The van der Waals surface area contributed by atoms with Gasteiger partial charge in [0.05, 0.1) is 39.9 Å². The van der Waals surface area contributed by atoms with Gasteiger partial charge in [0.25, 0.3) is 0 Å². The number of nitrogens with zero attached hydrogens (tertiary/aromatic N) is 1. The lowest BCUT2D eigenvalue weighted by Gasteiger charge is -2.25. The van der Waals surface area contributed by atoms with Crippen molar-refractivity contribution < 1.29 is 32.9 Å². The number of hydrogen-bond donors (Lipinski definition) is 3. The molecule has 0 heterocycles. The van der Waals surface area contributed by atoms with E-state index in [1.807, 2.05) is 27.2 Å². The highest BCUT2D eigenvalue weighted by Crippen LogP contribution is 2.43. The second kappa shape index (κ2) is 43.0. The molecular formula is C51H100N2O6P+. The largest absolute Gasteiger partial charge is 0.472 e. The zero-order chi connectivity index (χ0) is 44.3. The third kappa shape index (κ3) is 44.8. The molecule has 1 amide bonds. The summed E-state index contributed by atoms with van der Waals surface area (Å²) in [6.45, 7) is 4.81. The minimum absolute atomic E-state index is 0.0618. The number of nitrogens with one attached hydrogen (secondary N) is 1. The molecule has 3 unspecified atom stereocenters. The molecule has 0 bridgehead atoms. The topological polar surface area (TPSA) is 105 Å². The lowest BCUT2D eigenvalue weighted by atomic mass is 10.0. The fourth-order valence-electron chi connectivity index (χ4n) is 7.31. The summed E-state index contributed by atoms with van der Waals surface area (Å²) in [5.74, 6) is -0.178. The molecule has 354 valence electrons. The summed E-state index contributed by atoms with van der Waals surface area (Å²) in [6, 6.07) is -0.845. The number of carbonyl (C=O) groups excluding carboxylic acids is 1. The SMILES string of the molecule is CCCCCCC/C=C\C/C=C\CCCCCCCCCCCCCCCC(=O)NC(COP(=O)(O)OCC[N+](C)(C)C)C(O)/C=C/CCCCCCCCCCCCC. The van der Waals surface area contributed by atoms with Crippen LogP contribution in [-0.4, -0.2) is 73.4 Å². The van der Waals surface area contributed by atoms with Crippen molar-refractivity contribution in [1.29, 1.82) is 0 Å². The van der Waals surface area contributed by atoms with Crippen LogP contribution >= 0.6 is 7.82 Å². The van der Waals surface area contributed by atoms with E-state index in [4.69, 9.17) is 9.05 Å². The average molecular weight is 868 g/mol. The van der Waals surface area contributed by atoms with Crippen LogP contribution in [0.4, 0.5) is 0 Å². The molecule has 60 heavy (non-hydrogen) atoms. The molecule has 0 spiro atoms. The lowest BCUT2D eigenvalue weighted by Crippen LogP contribution is -2.45. The molecular weight excluding hydrogens is 768 g/mol. The van der Waals surface area contributed by atoms with Crippen molar-refractivity contribution in [3.63, 3.8) is 0 Å². The predicted molar refractivity (Wildman–Crippen MR) is 258 cm³/mol. The van der Waals surface area contributed by atoms with Crippen LogP contribution in [-0.2, 0) is 18.4 Å². The van der Waals surface area contributed by atoms with Gasteiger partial charge in [-0.25, -0.2) is 4.57 Å². The quantitative estimate of drug-likeness (QED) is 0.0244. The maximum atomic E-state index is 12.9. The number of carbonyl (C=O) groups is 1. The van der Waals surface area contributed by atoms with Crippen LogP contribution in [0.15, 0.2) is 36.5 Å². The Morgan fingerprint density at radius 2 is 0.950 bits per heavy atom. The fourth-order valence-corrected chi connectivity index (χ4v) is 8.04. The van der Waals surface area contributed by atoms with Crippen LogP contribution < -0.4 is 5.32 Å². The average Bonchev–Trinajstić information content (AvgIpc) is 3.20. The van der Waals surface area contributed by atoms with Gasteiger partial charge in [0.1, 0.15) is 13.2 Å². The number of unbranched alkanes of at least 4 members (excludes halogenated alkanes) is 29. The van der Waals surface area contributed by atoms with E-state index in [-0.39, 0.29) is 19.1 Å². The monoisotopic (exact) mass is 868 g/mol. The third-order valence-electron chi connectivity index (χ3n) is 11.4. The Morgan fingerprint density at radius 3 is 1.37 bits per heavy atom. The summed E-state index contributed by atoms with van der Waals surface area (Å²) in [6.07, 6.45) is 53.6. The van der Waals surface area contributed by atoms with Crippen molar-refractivity contribution in [3.05, 3.63) is 36.5 Å². The van der Waals surface area contributed by atoms with E-state index in [1.165, 1.54) is 167 Å². The van der Waals surface area contributed by atoms with E-state index in [0.717, 1.165) is 44.9 Å². The Balaban J connectivity index is 4.21. The van der Waals surface area contributed by atoms with E-state index in [9.17, 15) is 19.4 Å². The van der Waals surface area contributed by atoms with Gasteiger partial charge in [-0.1, -0.05) is 211 Å². The van der Waals surface area contributed by atoms with Crippen molar-refractivity contribution in [3.8, 4) is 0 Å². The Morgan fingerprint density at radius 1 is 0.567 bits per heavy atom. The lowest BCUT2D eigenvalue weighted by molar-refractivity contribution is -0.870. The number of quaternary nitrogens is 1. The van der Waals surface area contributed by atoms with Gasteiger partial charge in [0.15, 0.2) is 0 Å². The van der Waals surface area contributed by atoms with Crippen molar-refractivity contribution in [2.45, 2.75) is 244 Å². The number of rotatable bonds is 46. The highest BCUT2D eigenvalue weighted by Gasteiger charge is 2.27. The maximum Gasteiger partial charge on any atom is 0.472 e. The van der Waals surface area contributed by atoms with Crippen molar-refractivity contribution >= 4 is 13.7 Å². The predicted octanol–water partition coefficient (Wildman–Crippen LogP) is 14.6. The molecule has 0 aromatic heterocycles. The summed E-state index contributed by atoms with van der Waals surface area (Å²) < 4.78 is 23.6. The summed E-state index contributed by atoms with van der Waals surface area (Å²) in [5.41, 5.74) is 0. The number of phosphoric ester groups is 1. The molecule has 0 saturated carbocycles. The maximum absolute atomic E-state index is 12.9. The number of aliphatic hydroxyl groups excluding tert-OH is 1. The van der Waals surface area contributed by atoms with Gasteiger partial charge in [-0.05, 0) is 51.4 Å². The van der Waals surface area contributed by atoms with Crippen LogP contribution in [0.25, 0.3) is 0 Å². The molecule has 0 saturated heterocycles. The Kier molecular flexibility index (Phi) is 42.1. The molecule has 0 aliphatic carbocycles. The highest BCUT2D eigenvalue weighted by molar-refractivity contribution is 7.47. The van der Waals surface area contributed by atoms with Gasteiger partial charge in [-0.2, -0.15) is 0 Å². The summed E-state index contributed by atoms with van der Waals surface area (Å²) in [4.78, 5) is 23.2. The van der Waals surface area contributed by atoms with Crippen LogP contribution in [0.5, 0.6) is 0 Å². The molecule has 0 fully saturated rings.